The molecule has 2 rings (SSSR count). The molecule has 0 aromatic heterocycles. The molecule has 0 spiro atoms. The molecule has 1 aliphatic carbocycles. The second-order valence-electron chi connectivity index (χ2n) is 3.81. The minimum Gasteiger partial charge on any atom is -0.311 e. The van der Waals surface area contributed by atoms with Crippen LogP contribution in [-0.2, 0) is 0 Å². The average molecular weight is 127 g/mol. The van der Waals surface area contributed by atoms with Crippen LogP contribution in [-0.4, -0.2) is 12.1 Å². The Morgan fingerprint density at radius 3 is 2.67 bits per heavy atom. The van der Waals surface area contributed by atoms with Gasteiger partial charge < -0.3 is 5.32 Å². The third-order valence-corrected chi connectivity index (χ3v) is 3.13. The molecule has 1 unspecified atom stereocenters. The van der Waals surface area contributed by atoms with E-state index in [2.05, 4.69) is 19.2 Å². The fourth-order valence-electron chi connectivity index (χ4n) is 2.32. The maximum Gasteiger partial charge on any atom is 0.0237 e. The van der Waals surface area contributed by atoms with Crippen molar-refractivity contribution in [1.29, 1.82) is 0 Å². The lowest BCUT2D eigenvalue weighted by Gasteiger charge is -2.17. The molecule has 2 atom stereocenters. The number of nitrogens with one attached hydrogen (secondary N) is 1. The molecule has 2 fully saturated rings. The van der Waals surface area contributed by atoms with Crippen LogP contribution in [0.5, 0.6) is 0 Å². The van der Waals surface area contributed by atoms with Gasteiger partial charge in [-0.1, -0.05) is 13.8 Å². The summed E-state index contributed by atoms with van der Waals surface area (Å²) in [5.74, 6) is 1.89. The van der Waals surface area contributed by atoms with Crippen molar-refractivity contribution in [3.63, 3.8) is 0 Å². The van der Waals surface area contributed by atoms with Crippen LogP contribution in [0.3, 0.4) is 0 Å². The molecule has 0 bridgehead atoms. The molecule has 1 heterocycles. The highest BCUT2D eigenvalue weighted by atomic mass is 15.1. The zero-order valence-corrected chi connectivity index (χ0v) is 6.28. The van der Waals surface area contributed by atoms with Gasteiger partial charge >= 0.3 is 0 Å². The van der Waals surface area contributed by atoms with Gasteiger partial charge in [0.05, 0.1) is 0 Å². The second kappa shape index (κ2) is 1.51. The number of rotatable bonds is 1. The Morgan fingerprint density at radius 2 is 2.44 bits per heavy atom. The Kier molecular flexibility index (Phi) is 0.963. The standard InChI is InChI=1S/C8H15N.H2/c1-6(2)8-5-7(8)3-4-9-8;/h6-7,9H,3-5H2,1-2H3;1H/t7?,8-;/m1./s1. The van der Waals surface area contributed by atoms with Crippen molar-refractivity contribution in [2.75, 3.05) is 6.54 Å². The molecule has 1 saturated carbocycles. The van der Waals surface area contributed by atoms with E-state index in [0.29, 0.717) is 5.54 Å². The lowest BCUT2D eigenvalue weighted by atomic mass is 10.0. The van der Waals surface area contributed by atoms with Gasteiger partial charge in [-0.15, -0.1) is 0 Å². The Labute approximate surface area is 58.3 Å². The molecule has 0 amide bonds. The summed E-state index contributed by atoms with van der Waals surface area (Å²) in [6.45, 7) is 5.93. The van der Waals surface area contributed by atoms with E-state index in [1.54, 1.807) is 0 Å². The second-order valence-corrected chi connectivity index (χ2v) is 3.81. The highest BCUT2D eigenvalue weighted by Gasteiger charge is 2.58. The smallest absolute Gasteiger partial charge is 0.0237 e. The van der Waals surface area contributed by atoms with Crippen LogP contribution in [0.2, 0.25) is 0 Å². The topological polar surface area (TPSA) is 12.0 Å². The fraction of sp³-hybridized carbons (Fsp3) is 1.00. The SMILES string of the molecule is CC(C)[C@]12CC1CCN2.[HH]. The van der Waals surface area contributed by atoms with Crippen LogP contribution in [0.15, 0.2) is 0 Å². The lowest BCUT2D eigenvalue weighted by Crippen LogP contribution is -2.33. The molecule has 54 valence electrons. The van der Waals surface area contributed by atoms with Crippen molar-refractivity contribution in [3.8, 4) is 0 Å². The first-order chi connectivity index (χ1) is 4.26. The summed E-state index contributed by atoms with van der Waals surface area (Å²) in [4.78, 5) is 0. The minimum absolute atomic E-state index is 0. The summed E-state index contributed by atoms with van der Waals surface area (Å²) in [7, 11) is 0. The molecular formula is C8H17N. The van der Waals surface area contributed by atoms with Crippen LogP contribution in [0.25, 0.3) is 0 Å². The summed E-state index contributed by atoms with van der Waals surface area (Å²) >= 11 is 0. The summed E-state index contributed by atoms with van der Waals surface area (Å²) in [5.41, 5.74) is 0.611. The zero-order chi connectivity index (χ0) is 6.48. The fourth-order valence-corrected chi connectivity index (χ4v) is 2.32. The first-order valence-corrected chi connectivity index (χ1v) is 4.01. The Balaban J connectivity index is 0.000000500. The van der Waals surface area contributed by atoms with E-state index >= 15 is 0 Å². The van der Waals surface area contributed by atoms with E-state index in [-0.39, 0.29) is 1.43 Å². The van der Waals surface area contributed by atoms with Crippen LogP contribution >= 0.6 is 0 Å². The van der Waals surface area contributed by atoms with Crippen molar-refractivity contribution >= 4 is 0 Å². The first-order valence-electron chi connectivity index (χ1n) is 4.01. The molecule has 1 saturated heterocycles. The van der Waals surface area contributed by atoms with E-state index in [0.717, 1.165) is 11.8 Å². The molecule has 2 aliphatic rings. The molecule has 1 N–H and O–H groups in total. The Morgan fingerprint density at radius 1 is 1.67 bits per heavy atom. The van der Waals surface area contributed by atoms with Gasteiger partial charge in [0.25, 0.3) is 0 Å². The van der Waals surface area contributed by atoms with Crippen molar-refractivity contribution in [2.45, 2.75) is 32.2 Å². The van der Waals surface area contributed by atoms with Crippen LogP contribution in [0.1, 0.15) is 28.1 Å². The van der Waals surface area contributed by atoms with E-state index in [9.17, 15) is 0 Å². The Hall–Kier alpha value is -0.0400. The third kappa shape index (κ3) is 0.586. The predicted octanol–water partition coefficient (Wildman–Crippen LogP) is 1.64. The van der Waals surface area contributed by atoms with Crippen molar-refractivity contribution < 1.29 is 1.43 Å². The van der Waals surface area contributed by atoms with Crippen molar-refractivity contribution in [1.82, 2.24) is 5.32 Å². The maximum atomic E-state index is 3.61. The maximum absolute atomic E-state index is 3.61. The molecule has 0 radical (unpaired) electrons. The highest BCUT2D eigenvalue weighted by Crippen LogP contribution is 2.53. The van der Waals surface area contributed by atoms with Crippen molar-refractivity contribution in [2.24, 2.45) is 11.8 Å². The molecule has 9 heavy (non-hydrogen) atoms. The summed E-state index contributed by atoms with van der Waals surface area (Å²) in [6, 6.07) is 0. The van der Waals surface area contributed by atoms with Gasteiger partial charge in [-0.25, -0.2) is 0 Å². The van der Waals surface area contributed by atoms with E-state index in [1.165, 1.54) is 19.4 Å². The molecule has 0 aromatic carbocycles. The van der Waals surface area contributed by atoms with Crippen LogP contribution in [0, 0.1) is 11.8 Å². The lowest BCUT2D eigenvalue weighted by molar-refractivity contribution is 0.405. The number of fused-ring (bicyclic) bond motifs is 1. The first kappa shape index (κ1) is 5.72. The zero-order valence-electron chi connectivity index (χ0n) is 6.28. The van der Waals surface area contributed by atoms with Crippen molar-refractivity contribution in [3.05, 3.63) is 0 Å². The normalized spacial score (nSPS) is 47.7. The summed E-state index contributed by atoms with van der Waals surface area (Å²) < 4.78 is 0. The Bertz CT molecular complexity index is 131. The molecular weight excluding hydrogens is 110 g/mol. The van der Waals surface area contributed by atoms with E-state index in [1.807, 2.05) is 0 Å². The van der Waals surface area contributed by atoms with Gasteiger partial charge in [0.1, 0.15) is 0 Å². The summed E-state index contributed by atoms with van der Waals surface area (Å²) in [6.07, 6.45) is 2.88. The number of hydrogen-bond donors (Lipinski definition) is 1. The van der Waals surface area contributed by atoms with Gasteiger partial charge in [0.15, 0.2) is 0 Å². The highest BCUT2D eigenvalue weighted by molar-refractivity contribution is 5.15. The third-order valence-electron chi connectivity index (χ3n) is 3.13. The van der Waals surface area contributed by atoms with Gasteiger partial charge in [-0.2, -0.15) is 0 Å². The van der Waals surface area contributed by atoms with E-state index < -0.39 is 0 Å². The monoisotopic (exact) mass is 127 g/mol. The number of piperidine rings is 1. The van der Waals surface area contributed by atoms with Gasteiger partial charge in [-0.05, 0) is 31.2 Å². The van der Waals surface area contributed by atoms with Crippen LogP contribution in [0.4, 0.5) is 0 Å². The van der Waals surface area contributed by atoms with Gasteiger partial charge in [0, 0.05) is 6.97 Å². The van der Waals surface area contributed by atoms with E-state index in [4.69, 9.17) is 0 Å². The van der Waals surface area contributed by atoms with Gasteiger partial charge in [0.2, 0.25) is 0 Å². The average Bonchev–Trinajstić information content (AvgIpc) is 2.38. The predicted molar refractivity (Wildman–Crippen MR) is 40.4 cm³/mol. The van der Waals surface area contributed by atoms with Crippen LogP contribution < -0.4 is 5.32 Å². The molecule has 1 heteroatoms. The molecule has 1 nitrogen and oxygen atoms in total. The quantitative estimate of drug-likeness (QED) is 0.564. The largest absolute Gasteiger partial charge is 0.311 e. The number of hydrogen-bond acceptors (Lipinski definition) is 1. The molecule has 1 aliphatic heterocycles. The summed E-state index contributed by atoms with van der Waals surface area (Å²) in [5, 5.41) is 3.61. The van der Waals surface area contributed by atoms with Gasteiger partial charge in [-0.3, -0.25) is 0 Å². The minimum atomic E-state index is 0. The molecule has 0 aromatic rings.